The molecule has 0 bridgehead atoms. The van der Waals surface area contributed by atoms with E-state index < -0.39 is 34.7 Å². The Morgan fingerprint density at radius 3 is 2.13 bits per heavy atom. The van der Waals surface area contributed by atoms with E-state index in [2.05, 4.69) is 64.6 Å². The summed E-state index contributed by atoms with van der Waals surface area (Å²) in [6.07, 6.45) is 0.541. The van der Waals surface area contributed by atoms with E-state index in [0.717, 1.165) is 16.9 Å². The first kappa shape index (κ1) is 42.2. The fourth-order valence-electron chi connectivity index (χ4n) is 4.56. The lowest BCUT2D eigenvalue weighted by Gasteiger charge is -2.15. The first-order valence-corrected chi connectivity index (χ1v) is 20.8. The smallest absolute Gasteiger partial charge is 0.296 e. The van der Waals surface area contributed by atoms with E-state index >= 15 is 0 Å². The molecule has 0 atom stereocenters. The zero-order chi connectivity index (χ0) is 40.4. The molecular weight excluding hydrogens is 798 g/mol. The molecule has 0 aliphatic carbocycles. The van der Waals surface area contributed by atoms with E-state index in [1.54, 1.807) is 6.92 Å². The van der Waals surface area contributed by atoms with Crippen LogP contribution in [0.4, 0.5) is 46.3 Å². The molecule has 0 radical (unpaired) electrons. The third-order valence-electron chi connectivity index (χ3n) is 7.29. The van der Waals surface area contributed by atoms with E-state index in [9.17, 15) is 35.1 Å². The molecule has 23 heteroatoms. The number of sulfone groups is 2. The third-order valence-corrected chi connectivity index (χ3v) is 11.0. The molecule has 0 saturated heterocycles. The summed E-state index contributed by atoms with van der Waals surface area (Å²) in [7, 11) is -10.5. The summed E-state index contributed by atoms with van der Waals surface area (Å²) in [5.41, 5.74) is 0.593. The number of nitriles is 1. The fourth-order valence-corrected chi connectivity index (χ4v) is 6.59. The van der Waals surface area contributed by atoms with Crippen LogP contribution < -0.4 is 21.3 Å². The second kappa shape index (κ2) is 18.2. The Bertz CT molecular complexity index is 2500. The predicted molar refractivity (Wildman–Crippen MR) is 207 cm³/mol. The van der Waals surface area contributed by atoms with Gasteiger partial charge in [-0.2, -0.15) is 28.6 Å². The Labute approximate surface area is 322 Å². The molecule has 0 unspecified atom stereocenters. The summed E-state index contributed by atoms with van der Waals surface area (Å²) in [5, 5.41) is 31.5. The SMILES string of the molecule is C=CS(=O)(=O)CCNc1nc(NCCCOC)c(/N=N/c2cc(Nc3nc(Cl)nc(Nc4ccc(S(=O)(=O)C=C)cc4)n3)ccc2S(=O)(=O)O)c(C)c1C#N. The number of nitrogens with one attached hydrogen (secondary N) is 4. The largest absolute Gasteiger partial charge is 0.385 e. The first-order chi connectivity index (χ1) is 26.0. The van der Waals surface area contributed by atoms with Crippen LogP contribution >= 0.6 is 11.6 Å². The minimum Gasteiger partial charge on any atom is -0.385 e. The maximum absolute atomic E-state index is 12.4. The maximum Gasteiger partial charge on any atom is 0.296 e. The minimum atomic E-state index is -4.84. The van der Waals surface area contributed by atoms with Gasteiger partial charge in [-0.3, -0.25) is 4.55 Å². The highest BCUT2D eigenvalue weighted by Crippen LogP contribution is 2.37. The molecule has 5 N–H and O–H groups in total. The molecule has 290 valence electrons. The highest BCUT2D eigenvalue weighted by atomic mass is 35.5. The van der Waals surface area contributed by atoms with Crippen molar-refractivity contribution in [2.45, 2.75) is 23.1 Å². The molecule has 2 aromatic heterocycles. The van der Waals surface area contributed by atoms with Gasteiger partial charge in [0.25, 0.3) is 10.1 Å². The highest BCUT2D eigenvalue weighted by Gasteiger charge is 2.21. The molecule has 2 heterocycles. The van der Waals surface area contributed by atoms with Gasteiger partial charge >= 0.3 is 0 Å². The minimum absolute atomic E-state index is 0.0201. The molecule has 55 heavy (non-hydrogen) atoms. The van der Waals surface area contributed by atoms with Gasteiger partial charge in [0.2, 0.25) is 17.2 Å². The van der Waals surface area contributed by atoms with Gasteiger partial charge in [0, 0.05) is 54.6 Å². The Morgan fingerprint density at radius 1 is 0.891 bits per heavy atom. The van der Waals surface area contributed by atoms with E-state index in [1.165, 1.54) is 43.5 Å². The van der Waals surface area contributed by atoms with Crippen molar-refractivity contribution in [2.75, 3.05) is 53.8 Å². The zero-order valence-corrected chi connectivity index (χ0v) is 32.4. The summed E-state index contributed by atoms with van der Waals surface area (Å²) in [5.74, 6) is -0.236. The molecular formula is C32H34ClN11O8S3. The number of pyridine rings is 1. The van der Waals surface area contributed by atoms with Crippen LogP contribution in [0.15, 0.2) is 86.5 Å². The zero-order valence-electron chi connectivity index (χ0n) is 29.2. The average molecular weight is 832 g/mol. The van der Waals surface area contributed by atoms with Crippen molar-refractivity contribution in [3.8, 4) is 6.07 Å². The van der Waals surface area contributed by atoms with Crippen molar-refractivity contribution in [3.05, 3.63) is 82.8 Å². The van der Waals surface area contributed by atoms with Crippen molar-refractivity contribution >= 4 is 87.7 Å². The molecule has 4 rings (SSSR count). The first-order valence-electron chi connectivity index (χ1n) is 15.7. The average Bonchev–Trinajstić information content (AvgIpc) is 3.12. The van der Waals surface area contributed by atoms with Crippen molar-refractivity contribution in [2.24, 2.45) is 10.2 Å². The standard InChI is InChI=1S/C32H34ClN11O8S3/c1-5-53(45,46)17-15-36-28-24(19-34)20(3)27(29(39-28)35-14-7-16-52-4)44-43-25-18-22(10-13-26(25)55(49,50)51)38-32-41-30(33)40-31(42-32)37-21-8-11-23(12-9-21)54(47,48)6-2/h5-6,8-13,18H,1-2,7,14-17H2,3-4H3,(H2,35,36,39)(H,49,50,51)(H2,37,38,40,41,42)/b44-43+. The lowest BCUT2D eigenvalue weighted by molar-refractivity contribution is 0.198. The number of aromatic nitrogens is 4. The van der Waals surface area contributed by atoms with Gasteiger partial charge in [0.05, 0.1) is 16.2 Å². The number of hydrogen-bond acceptors (Lipinski definition) is 18. The molecule has 0 aliphatic heterocycles. The van der Waals surface area contributed by atoms with Gasteiger partial charge in [-0.05, 0) is 67.4 Å². The topological polar surface area (TPSA) is 280 Å². The number of benzene rings is 2. The number of hydrogen-bond donors (Lipinski definition) is 5. The molecule has 0 spiro atoms. The molecule has 4 aromatic rings. The molecule has 2 aromatic carbocycles. The van der Waals surface area contributed by atoms with Crippen LogP contribution in [0, 0.1) is 18.3 Å². The third kappa shape index (κ3) is 11.5. The Hall–Kier alpha value is -5.57. The molecule has 0 aliphatic rings. The molecule has 0 fully saturated rings. The van der Waals surface area contributed by atoms with Crippen molar-refractivity contribution < 1.29 is 34.5 Å². The second-order valence-electron chi connectivity index (χ2n) is 11.1. The van der Waals surface area contributed by atoms with Crippen LogP contribution in [-0.4, -0.2) is 82.3 Å². The number of anilines is 6. The summed E-state index contributed by atoms with van der Waals surface area (Å²) >= 11 is 6.14. The summed E-state index contributed by atoms with van der Waals surface area (Å²) < 4.78 is 87.8. The monoisotopic (exact) mass is 831 g/mol. The van der Waals surface area contributed by atoms with Crippen LogP contribution in [-0.2, 0) is 34.5 Å². The summed E-state index contributed by atoms with van der Waals surface area (Å²) in [4.78, 5) is 16.2. The highest BCUT2D eigenvalue weighted by molar-refractivity contribution is 7.94. The number of nitrogens with zero attached hydrogens (tertiary/aromatic N) is 7. The number of halogens is 1. The van der Waals surface area contributed by atoms with Gasteiger partial charge < -0.3 is 26.0 Å². The Balaban J connectivity index is 1.69. The van der Waals surface area contributed by atoms with Crippen molar-refractivity contribution in [3.63, 3.8) is 0 Å². The van der Waals surface area contributed by atoms with Gasteiger partial charge in [0.15, 0.2) is 25.5 Å². The lowest BCUT2D eigenvalue weighted by Crippen LogP contribution is -2.16. The quantitative estimate of drug-likeness (QED) is 0.0437. The fraction of sp³-hybridized carbons (Fsp3) is 0.219. The van der Waals surface area contributed by atoms with E-state index in [1.807, 2.05) is 6.07 Å². The predicted octanol–water partition coefficient (Wildman–Crippen LogP) is 5.59. The van der Waals surface area contributed by atoms with Gasteiger partial charge in [-0.15, -0.1) is 10.2 Å². The van der Waals surface area contributed by atoms with Crippen LogP contribution in [0.25, 0.3) is 0 Å². The van der Waals surface area contributed by atoms with Gasteiger partial charge in [0.1, 0.15) is 28.2 Å². The maximum atomic E-state index is 12.4. The number of methoxy groups -OCH3 is 1. The lowest BCUT2D eigenvalue weighted by atomic mass is 10.1. The Kier molecular flexibility index (Phi) is 13.9. The van der Waals surface area contributed by atoms with Gasteiger partial charge in [-0.1, -0.05) is 13.2 Å². The van der Waals surface area contributed by atoms with Crippen LogP contribution in [0.2, 0.25) is 5.28 Å². The molecule has 0 amide bonds. The van der Waals surface area contributed by atoms with Crippen molar-refractivity contribution in [1.29, 1.82) is 5.26 Å². The Morgan fingerprint density at radius 2 is 1.53 bits per heavy atom. The normalized spacial score (nSPS) is 11.8. The van der Waals surface area contributed by atoms with E-state index in [4.69, 9.17) is 16.3 Å². The molecule has 0 saturated carbocycles. The summed E-state index contributed by atoms with van der Waals surface area (Å²) in [6, 6.07) is 11.3. The molecule has 19 nitrogen and oxygen atoms in total. The summed E-state index contributed by atoms with van der Waals surface area (Å²) in [6.45, 7) is 8.79. The van der Waals surface area contributed by atoms with Crippen molar-refractivity contribution in [1.82, 2.24) is 19.9 Å². The number of azo groups is 1. The number of rotatable bonds is 19. The van der Waals surface area contributed by atoms with E-state index in [0.29, 0.717) is 25.3 Å². The van der Waals surface area contributed by atoms with E-state index in [-0.39, 0.29) is 74.2 Å². The second-order valence-corrected chi connectivity index (χ2v) is 16.8. The van der Waals surface area contributed by atoms with Crippen LogP contribution in [0.3, 0.4) is 0 Å². The van der Waals surface area contributed by atoms with Crippen LogP contribution in [0.5, 0.6) is 0 Å². The van der Waals surface area contributed by atoms with Crippen LogP contribution in [0.1, 0.15) is 17.5 Å². The van der Waals surface area contributed by atoms with Gasteiger partial charge in [-0.25, -0.2) is 21.8 Å². The number of ether oxygens (including phenoxy) is 1.